The number of ketones is 1. The number of hydrogen-bond donors (Lipinski definition) is 0. The first-order valence-electron chi connectivity index (χ1n) is 4.37. The van der Waals surface area contributed by atoms with Crippen LogP contribution in [0.4, 0.5) is 0 Å². The van der Waals surface area contributed by atoms with Gasteiger partial charge in [0.25, 0.3) is 0 Å². The van der Waals surface area contributed by atoms with Crippen molar-refractivity contribution in [3.8, 4) is 0 Å². The third kappa shape index (κ3) is 0.639. The highest BCUT2D eigenvalue weighted by atomic mass is 35.5. The first-order chi connectivity index (χ1) is 5.77. The van der Waals surface area contributed by atoms with Crippen LogP contribution in [0.5, 0.6) is 0 Å². The summed E-state index contributed by atoms with van der Waals surface area (Å²) in [5, 5.41) is 0.475. The molecule has 0 radical (unpaired) electrons. The zero-order valence-electron chi connectivity index (χ0n) is 6.53. The number of hydrogen-bond acceptors (Lipinski definition) is 1. The Labute approximate surface area is 76.1 Å². The van der Waals surface area contributed by atoms with Crippen molar-refractivity contribution >= 4 is 17.4 Å². The lowest BCUT2D eigenvalue weighted by Crippen LogP contribution is -2.20. The van der Waals surface area contributed by atoms with Gasteiger partial charge in [-0.3, -0.25) is 4.79 Å². The lowest BCUT2D eigenvalue weighted by Gasteiger charge is -2.17. The Morgan fingerprint density at radius 1 is 1.33 bits per heavy atom. The summed E-state index contributed by atoms with van der Waals surface area (Å²) in [7, 11) is 0. The zero-order valence-corrected chi connectivity index (χ0v) is 7.29. The van der Waals surface area contributed by atoms with E-state index in [-0.39, 0.29) is 11.7 Å². The number of Topliss-reactive ketones (excluding diaryl/α,β-unsaturated/α-hetero) is 1. The van der Waals surface area contributed by atoms with Gasteiger partial charge in [-0.1, -0.05) is 29.8 Å². The van der Waals surface area contributed by atoms with Gasteiger partial charge >= 0.3 is 0 Å². The summed E-state index contributed by atoms with van der Waals surface area (Å²) >= 11 is 5.81. The summed E-state index contributed by atoms with van der Waals surface area (Å²) in [5.41, 5.74) is 0. The van der Waals surface area contributed by atoms with Gasteiger partial charge in [-0.15, -0.1) is 0 Å². The molecule has 4 atom stereocenters. The number of rotatable bonds is 0. The standard InChI is InChI=1S/C10H9ClO/c11-8-4-7-5-1-2-6(3-5)9(7)10(8)12/h1-2,4-7,9H,3H2/t5?,6?,7-,9+/m1/s1. The smallest absolute Gasteiger partial charge is 0.178 e. The van der Waals surface area contributed by atoms with Crippen LogP contribution in [-0.2, 0) is 4.79 Å². The van der Waals surface area contributed by atoms with Crippen molar-refractivity contribution < 1.29 is 4.79 Å². The van der Waals surface area contributed by atoms with Crippen LogP contribution in [0.25, 0.3) is 0 Å². The van der Waals surface area contributed by atoms with E-state index < -0.39 is 0 Å². The van der Waals surface area contributed by atoms with Crippen molar-refractivity contribution in [3.05, 3.63) is 23.3 Å². The Morgan fingerprint density at radius 3 is 2.83 bits per heavy atom. The molecule has 2 heteroatoms. The lowest BCUT2D eigenvalue weighted by molar-refractivity contribution is -0.119. The molecule has 0 heterocycles. The molecule has 62 valence electrons. The van der Waals surface area contributed by atoms with Gasteiger partial charge in [0.05, 0.1) is 5.03 Å². The van der Waals surface area contributed by atoms with Crippen molar-refractivity contribution in [2.24, 2.45) is 23.7 Å². The fraction of sp³-hybridized carbons (Fsp3) is 0.500. The summed E-state index contributed by atoms with van der Waals surface area (Å²) in [5.74, 6) is 1.89. The largest absolute Gasteiger partial charge is 0.293 e. The maximum atomic E-state index is 11.5. The summed E-state index contributed by atoms with van der Waals surface area (Å²) in [6.45, 7) is 0. The lowest BCUT2D eigenvalue weighted by atomic mass is 9.85. The maximum Gasteiger partial charge on any atom is 0.178 e. The highest BCUT2D eigenvalue weighted by Crippen LogP contribution is 2.53. The third-order valence-electron chi connectivity index (χ3n) is 3.40. The van der Waals surface area contributed by atoms with Gasteiger partial charge in [0.1, 0.15) is 0 Å². The maximum absolute atomic E-state index is 11.5. The first kappa shape index (κ1) is 6.90. The van der Waals surface area contributed by atoms with Gasteiger partial charge in [0, 0.05) is 5.92 Å². The van der Waals surface area contributed by atoms with Gasteiger partial charge in [-0.2, -0.15) is 0 Å². The van der Waals surface area contributed by atoms with E-state index in [1.54, 1.807) is 0 Å². The van der Waals surface area contributed by atoms with Crippen molar-refractivity contribution in [2.75, 3.05) is 0 Å². The number of fused-ring (bicyclic) bond motifs is 5. The predicted molar refractivity (Wildman–Crippen MR) is 46.7 cm³/mol. The van der Waals surface area contributed by atoms with Gasteiger partial charge in [0.15, 0.2) is 5.78 Å². The molecule has 3 aliphatic rings. The van der Waals surface area contributed by atoms with E-state index in [0.717, 1.165) is 0 Å². The summed E-state index contributed by atoms with van der Waals surface area (Å²) in [6, 6.07) is 0. The normalized spacial score (nSPS) is 48.4. The Morgan fingerprint density at radius 2 is 2.08 bits per heavy atom. The molecule has 0 aromatic heterocycles. The van der Waals surface area contributed by atoms with E-state index in [2.05, 4.69) is 12.2 Å². The molecule has 2 bridgehead atoms. The van der Waals surface area contributed by atoms with E-state index >= 15 is 0 Å². The van der Waals surface area contributed by atoms with Crippen LogP contribution in [0.2, 0.25) is 0 Å². The highest BCUT2D eigenvalue weighted by Gasteiger charge is 2.50. The molecule has 3 rings (SSSR count). The minimum atomic E-state index is 0.179. The van der Waals surface area contributed by atoms with E-state index in [1.807, 2.05) is 6.08 Å². The molecule has 1 fully saturated rings. The third-order valence-corrected chi connectivity index (χ3v) is 3.71. The molecule has 0 N–H and O–H groups in total. The van der Waals surface area contributed by atoms with Crippen LogP contribution >= 0.6 is 11.6 Å². The second-order valence-electron chi connectivity index (χ2n) is 3.93. The van der Waals surface area contributed by atoms with E-state index in [9.17, 15) is 4.79 Å². The average molecular weight is 181 g/mol. The minimum Gasteiger partial charge on any atom is -0.293 e. The van der Waals surface area contributed by atoms with Crippen LogP contribution in [-0.4, -0.2) is 5.78 Å². The summed E-state index contributed by atoms with van der Waals surface area (Å²) in [4.78, 5) is 11.5. The molecule has 0 amide bonds. The Hall–Kier alpha value is -0.560. The second-order valence-corrected chi connectivity index (χ2v) is 4.34. The quantitative estimate of drug-likeness (QED) is 0.522. The van der Waals surface area contributed by atoms with E-state index in [0.29, 0.717) is 22.8 Å². The van der Waals surface area contributed by atoms with Crippen LogP contribution < -0.4 is 0 Å². The van der Waals surface area contributed by atoms with Crippen molar-refractivity contribution in [1.29, 1.82) is 0 Å². The molecular formula is C10H9ClO. The molecule has 0 saturated heterocycles. The number of halogens is 1. The monoisotopic (exact) mass is 180 g/mol. The zero-order chi connectivity index (χ0) is 8.29. The van der Waals surface area contributed by atoms with E-state index in [4.69, 9.17) is 11.6 Å². The molecule has 0 spiro atoms. The Balaban J connectivity index is 2.07. The molecular weight excluding hydrogens is 172 g/mol. The van der Waals surface area contributed by atoms with Gasteiger partial charge < -0.3 is 0 Å². The fourth-order valence-electron chi connectivity index (χ4n) is 2.87. The molecule has 0 aromatic carbocycles. The Bertz CT molecular complexity index is 316. The molecule has 1 saturated carbocycles. The van der Waals surface area contributed by atoms with E-state index in [1.165, 1.54) is 6.42 Å². The van der Waals surface area contributed by atoms with Crippen molar-refractivity contribution in [2.45, 2.75) is 6.42 Å². The first-order valence-corrected chi connectivity index (χ1v) is 4.75. The molecule has 12 heavy (non-hydrogen) atoms. The summed E-state index contributed by atoms with van der Waals surface area (Å²) in [6.07, 6.45) is 7.56. The average Bonchev–Trinajstić information content (AvgIpc) is 2.66. The molecule has 1 nitrogen and oxygen atoms in total. The van der Waals surface area contributed by atoms with Crippen LogP contribution in [0, 0.1) is 23.7 Å². The SMILES string of the molecule is O=C1C(Cl)=C[C@@H]2C3C=CC(C3)[C@H]12. The van der Waals surface area contributed by atoms with Gasteiger partial charge in [0.2, 0.25) is 0 Å². The molecule has 3 aliphatic carbocycles. The number of allylic oxidation sites excluding steroid dienone is 4. The minimum absolute atomic E-state index is 0.179. The van der Waals surface area contributed by atoms with Gasteiger partial charge in [-0.25, -0.2) is 0 Å². The number of carbonyl (C=O) groups excluding carboxylic acids is 1. The van der Waals surface area contributed by atoms with Crippen molar-refractivity contribution in [3.63, 3.8) is 0 Å². The van der Waals surface area contributed by atoms with Crippen LogP contribution in [0.1, 0.15) is 6.42 Å². The molecule has 2 unspecified atom stereocenters. The second kappa shape index (κ2) is 2.02. The van der Waals surface area contributed by atoms with Crippen LogP contribution in [0.15, 0.2) is 23.3 Å². The topological polar surface area (TPSA) is 17.1 Å². The van der Waals surface area contributed by atoms with Crippen LogP contribution in [0.3, 0.4) is 0 Å². The van der Waals surface area contributed by atoms with Crippen molar-refractivity contribution in [1.82, 2.24) is 0 Å². The predicted octanol–water partition coefficient (Wildman–Crippen LogP) is 2.13. The molecule has 0 aromatic rings. The summed E-state index contributed by atoms with van der Waals surface area (Å²) < 4.78 is 0. The van der Waals surface area contributed by atoms with Gasteiger partial charge in [-0.05, 0) is 24.2 Å². The highest BCUT2D eigenvalue weighted by molar-refractivity contribution is 6.43. The number of carbonyl (C=O) groups is 1. The Kier molecular flexibility index (Phi) is 1.16. The fourth-order valence-corrected chi connectivity index (χ4v) is 3.14. The molecule has 0 aliphatic heterocycles.